The van der Waals surface area contributed by atoms with Crippen LogP contribution in [-0.4, -0.2) is 28.8 Å². The Morgan fingerprint density at radius 2 is 2.00 bits per heavy atom. The molecule has 2 rings (SSSR count). The Labute approximate surface area is 125 Å². The molecule has 1 amide bonds. The number of primary amides is 1. The van der Waals surface area contributed by atoms with Crippen molar-refractivity contribution in [2.75, 3.05) is 0 Å². The highest BCUT2D eigenvalue weighted by molar-refractivity contribution is 6.10. The van der Waals surface area contributed by atoms with Crippen molar-refractivity contribution in [2.45, 2.75) is 25.8 Å². The molecule has 0 spiro atoms. The molecule has 1 atom stereocenters. The van der Waals surface area contributed by atoms with Gasteiger partial charge in [-0.15, -0.1) is 0 Å². The van der Waals surface area contributed by atoms with E-state index in [0.717, 1.165) is 5.56 Å². The number of amides is 1. The van der Waals surface area contributed by atoms with Gasteiger partial charge in [0, 0.05) is 11.8 Å². The lowest BCUT2D eigenvalue weighted by atomic mass is 9.98. The van der Waals surface area contributed by atoms with Crippen LogP contribution in [0.2, 0.25) is 0 Å². The van der Waals surface area contributed by atoms with E-state index in [2.05, 4.69) is 0 Å². The summed E-state index contributed by atoms with van der Waals surface area (Å²) in [7, 11) is 0. The Bertz CT molecular complexity index is 763. The number of Topliss-reactive ketones (excluding diaryl/α,β-unsaturated/α-hetero) is 1. The van der Waals surface area contributed by atoms with E-state index in [1.54, 1.807) is 19.1 Å². The van der Waals surface area contributed by atoms with E-state index in [1.165, 1.54) is 6.07 Å². The van der Waals surface area contributed by atoms with Crippen molar-refractivity contribution in [1.82, 2.24) is 0 Å². The molecule has 1 heterocycles. The normalized spacial score (nSPS) is 12.3. The van der Waals surface area contributed by atoms with Crippen molar-refractivity contribution in [1.29, 1.82) is 0 Å². The van der Waals surface area contributed by atoms with Gasteiger partial charge in [-0.3, -0.25) is 14.4 Å². The summed E-state index contributed by atoms with van der Waals surface area (Å²) < 4.78 is 5.37. The summed E-state index contributed by atoms with van der Waals surface area (Å²) in [6, 6.07) is 3.78. The fourth-order valence-electron chi connectivity index (χ4n) is 2.18. The Morgan fingerprint density at radius 3 is 2.59 bits per heavy atom. The zero-order chi connectivity index (χ0) is 16.4. The van der Waals surface area contributed by atoms with E-state index >= 15 is 0 Å². The van der Waals surface area contributed by atoms with Crippen molar-refractivity contribution in [3.63, 3.8) is 0 Å². The quantitative estimate of drug-likeness (QED) is 0.686. The molecule has 116 valence electrons. The predicted molar refractivity (Wildman–Crippen MR) is 78.6 cm³/mol. The van der Waals surface area contributed by atoms with Gasteiger partial charge in [0.15, 0.2) is 11.5 Å². The number of furan rings is 1. The molecule has 0 saturated carbocycles. The van der Waals surface area contributed by atoms with E-state index in [1.807, 2.05) is 0 Å². The standard InChI is InChI=1S/C15H16N2O5/c1-7-2-3-8(13(20)10(16)4-5-12(18)19)14-9(7)6-11(22-14)15(17)21/h2-3,6,10H,4-5,16H2,1H3,(H2,17,21)(H,18,19)/t10-/m0/s1. The molecule has 0 unspecified atom stereocenters. The smallest absolute Gasteiger partial charge is 0.303 e. The monoisotopic (exact) mass is 304 g/mol. The number of hydrogen-bond donors (Lipinski definition) is 3. The van der Waals surface area contributed by atoms with Crippen LogP contribution in [0.1, 0.15) is 39.3 Å². The van der Waals surface area contributed by atoms with E-state index < -0.39 is 23.7 Å². The minimum absolute atomic E-state index is 0.0208. The highest BCUT2D eigenvalue weighted by Crippen LogP contribution is 2.27. The van der Waals surface area contributed by atoms with Gasteiger partial charge < -0.3 is 21.0 Å². The summed E-state index contributed by atoms with van der Waals surface area (Å²) in [5, 5.41) is 9.25. The Morgan fingerprint density at radius 1 is 1.32 bits per heavy atom. The van der Waals surface area contributed by atoms with E-state index in [-0.39, 0.29) is 29.7 Å². The molecule has 2 aromatic rings. The van der Waals surface area contributed by atoms with Crippen LogP contribution >= 0.6 is 0 Å². The highest BCUT2D eigenvalue weighted by atomic mass is 16.4. The second-order valence-electron chi connectivity index (χ2n) is 5.05. The number of carbonyl (C=O) groups is 3. The minimum atomic E-state index is -1.02. The van der Waals surface area contributed by atoms with Crippen LogP contribution in [0.4, 0.5) is 0 Å². The highest BCUT2D eigenvalue weighted by Gasteiger charge is 2.22. The third-order valence-electron chi connectivity index (χ3n) is 3.42. The van der Waals surface area contributed by atoms with Crippen LogP contribution in [0.3, 0.4) is 0 Å². The summed E-state index contributed by atoms with van der Waals surface area (Å²) in [6.45, 7) is 1.81. The third kappa shape index (κ3) is 2.99. The fourth-order valence-corrected chi connectivity index (χ4v) is 2.18. The first-order valence-corrected chi connectivity index (χ1v) is 6.65. The number of benzene rings is 1. The molecule has 1 aromatic carbocycles. The van der Waals surface area contributed by atoms with E-state index in [4.69, 9.17) is 21.0 Å². The van der Waals surface area contributed by atoms with Gasteiger partial charge in [0.2, 0.25) is 0 Å². The molecule has 1 aromatic heterocycles. The second kappa shape index (κ2) is 5.98. The predicted octanol–water partition coefficient (Wildman–Crippen LogP) is 1.21. The van der Waals surface area contributed by atoms with Crippen LogP contribution in [0.15, 0.2) is 22.6 Å². The number of ketones is 1. The van der Waals surface area contributed by atoms with E-state index in [0.29, 0.717) is 5.39 Å². The van der Waals surface area contributed by atoms with Crippen LogP contribution in [0, 0.1) is 6.92 Å². The maximum atomic E-state index is 12.4. The number of rotatable bonds is 6. The average molecular weight is 304 g/mol. The summed E-state index contributed by atoms with van der Waals surface area (Å²) >= 11 is 0. The molecule has 0 fully saturated rings. The van der Waals surface area contributed by atoms with Crippen LogP contribution in [0.25, 0.3) is 11.0 Å². The molecule has 0 aliphatic heterocycles. The van der Waals surface area contributed by atoms with Crippen molar-refractivity contribution in [3.8, 4) is 0 Å². The first kappa shape index (κ1) is 15.7. The topological polar surface area (TPSA) is 137 Å². The first-order valence-electron chi connectivity index (χ1n) is 6.65. The Balaban J connectivity index is 2.42. The van der Waals surface area contributed by atoms with Gasteiger partial charge in [0.25, 0.3) is 5.91 Å². The maximum Gasteiger partial charge on any atom is 0.303 e. The molecule has 7 heteroatoms. The Hall–Kier alpha value is -2.67. The SMILES string of the molecule is Cc1ccc(C(=O)[C@@H](N)CCC(=O)O)c2oc(C(N)=O)cc12. The largest absolute Gasteiger partial charge is 0.481 e. The number of fused-ring (bicyclic) bond motifs is 1. The lowest BCUT2D eigenvalue weighted by Gasteiger charge is -2.10. The number of nitrogens with two attached hydrogens (primary N) is 2. The number of carbonyl (C=O) groups excluding carboxylic acids is 2. The number of aryl methyl sites for hydroxylation is 1. The molecule has 0 saturated heterocycles. The molecule has 0 radical (unpaired) electrons. The number of hydrogen-bond acceptors (Lipinski definition) is 5. The minimum Gasteiger partial charge on any atom is -0.481 e. The van der Waals surface area contributed by atoms with Crippen molar-refractivity contribution in [3.05, 3.63) is 35.1 Å². The summed E-state index contributed by atoms with van der Waals surface area (Å²) in [5.74, 6) is -2.23. The van der Waals surface area contributed by atoms with Gasteiger partial charge in [-0.2, -0.15) is 0 Å². The van der Waals surface area contributed by atoms with Crippen LogP contribution in [0.5, 0.6) is 0 Å². The van der Waals surface area contributed by atoms with Gasteiger partial charge in [0.1, 0.15) is 5.58 Å². The van der Waals surface area contributed by atoms with Crippen molar-refractivity contribution < 1.29 is 23.9 Å². The van der Waals surface area contributed by atoms with Gasteiger partial charge >= 0.3 is 5.97 Å². The zero-order valence-electron chi connectivity index (χ0n) is 12.0. The van der Waals surface area contributed by atoms with E-state index in [9.17, 15) is 14.4 Å². The Kier molecular flexibility index (Phi) is 4.27. The first-order chi connectivity index (χ1) is 10.3. The van der Waals surface area contributed by atoms with Crippen LogP contribution < -0.4 is 11.5 Å². The summed E-state index contributed by atoms with van der Waals surface area (Å²) in [6.07, 6.45) is -0.181. The summed E-state index contributed by atoms with van der Waals surface area (Å²) in [5.41, 5.74) is 12.2. The average Bonchev–Trinajstić information content (AvgIpc) is 2.90. The fraction of sp³-hybridized carbons (Fsp3) is 0.267. The molecule has 22 heavy (non-hydrogen) atoms. The molecule has 5 N–H and O–H groups in total. The number of aliphatic carboxylic acids is 1. The second-order valence-corrected chi connectivity index (χ2v) is 5.05. The zero-order valence-corrected chi connectivity index (χ0v) is 12.0. The van der Waals surface area contributed by atoms with Crippen molar-refractivity contribution in [2.24, 2.45) is 11.5 Å². The van der Waals surface area contributed by atoms with Crippen LogP contribution in [-0.2, 0) is 4.79 Å². The third-order valence-corrected chi connectivity index (χ3v) is 3.42. The molecule has 0 aliphatic rings. The summed E-state index contributed by atoms with van der Waals surface area (Å²) in [4.78, 5) is 34.2. The van der Waals surface area contributed by atoms with Gasteiger partial charge in [-0.1, -0.05) is 6.07 Å². The molecule has 7 nitrogen and oxygen atoms in total. The number of carboxylic acid groups (broad SMARTS) is 1. The van der Waals surface area contributed by atoms with Gasteiger partial charge in [0.05, 0.1) is 11.6 Å². The molecule has 0 aliphatic carbocycles. The lowest BCUT2D eigenvalue weighted by molar-refractivity contribution is -0.137. The van der Waals surface area contributed by atoms with Crippen molar-refractivity contribution >= 4 is 28.6 Å². The molecular weight excluding hydrogens is 288 g/mol. The number of carboxylic acids is 1. The molecule has 0 bridgehead atoms. The lowest BCUT2D eigenvalue weighted by Crippen LogP contribution is -2.31. The maximum absolute atomic E-state index is 12.4. The van der Waals surface area contributed by atoms with Gasteiger partial charge in [-0.05, 0) is 31.0 Å². The molecular formula is C15H16N2O5. The van der Waals surface area contributed by atoms with Gasteiger partial charge in [-0.25, -0.2) is 0 Å².